The molecule has 9 heteroatoms. The molecule has 0 fully saturated rings. The van der Waals surface area contributed by atoms with Gasteiger partial charge in [0.2, 0.25) is 10.0 Å². The molecule has 0 saturated carbocycles. The first kappa shape index (κ1) is 18.4. The minimum atomic E-state index is -3.58. The summed E-state index contributed by atoms with van der Waals surface area (Å²) >= 11 is 0. The number of rotatable bonds is 6. The zero-order valence-electron chi connectivity index (χ0n) is 13.6. The monoisotopic (exact) mass is 360 g/mol. The summed E-state index contributed by atoms with van der Waals surface area (Å²) in [7, 11) is -2.26. The molecule has 0 aliphatic rings. The van der Waals surface area contributed by atoms with E-state index in [0.29, 0.717) is 5.56 Å². The fourth-order valence-electron chi connectivity index (χ4n) is 2.26. The Bertz CT molecular complexity index is 951. The maximum absolute atomic E-state index is 11.9. The van der Waals surface area contributed by atoms with E-state index in [9.17, 15) is 18.5 Å². The molecular weight excluding hydrogens is 344 g/mol. The van der Waals surface area contributed by atoms with Crippen molar-refractivity contribution in [3.05, 3.63) is 63.7 Å². The minimum absolute atomic E-state index is 0.107. The van der Waals surface area contributed by atoms with Crippen molar-refractivity contribution < 1.29 is 13.3 Å². The Balaban J connectivity index is 2.35. The van der Waals surface area contributed by atoms with Crippen molar-refractivity contribution >= 4 is 21.4 Å². The molecule has 0 amide bonds. The Morgan fingerprint density at radius 1 is 1.24 bits per heavy atom. The molecule has 0 aliphatic carbocycles. The Morgan fingerprint density at radius 2 is 1.96 bits per heavy atom. The lowest BCUT2D eigenvalue weighted by atomic mass is 10.1. The molecule has 0 aromatic heterocycles. The maximum atomic E-state index is 11.9. The third-order valence-corrected chi connectivity index (χ3v) is 5.04. The third kappa shape index (κ3) is 4.12. The van der Waals surface area contributed by atoms with E-state index in [1.807, 2.05) is 6.07 Å². The average molecular weight is 360 g/mol. The van der Waals surface area contributed by atoms with Crippen LogP contribution in [0.15, 0.2) is 47.4 Å². The summed E-state index contributed by atoms with van der Waals surface area (Å²) in [5.41, 5.74) is 0.866. The molecule has 0 spiro atoms. The number of hydrogen-bond acceptors (Lipinski definition) is 6. The number of nitriles is 1. The molecular formula is C16H16N4O4S. The quantitative estimate of drug-likeness (QED) is 0.602. The van der Waals surface area contributed by atoms with E-state index >= 15 is 0 Å². The van der Waals surface area contributed by atoms with Crippen molar-refractivity contribution in [3.63, 3.8) is 0 Å². The lowest BCUT2D eigenvalue weighted by Gasteiger charge is -2.16. The predicted molar refractivity (Wildman–Crippen MR) is 92.5 cm³/mol. The van der Waals surface area contributed by atoms with E-state index in [-0.39, 0.29) is 21.8 Å². The van der Waals surface area contributed by atoms with Crippen LogP contribution in [0.3, 0.4) is 0 Å². The van der Waals surface area contributed by atoms with Gasteiger partial charge in [0.05, 0.1) is 21.5 Å². The van der Waals surface area contributed by atoms with Gasteiger partial charge in [-0.15, -0.1) is 0 Å². The molecule has 8 nitrogen and oxygen atoms in total. The largest absolute Gasteiger partial charge is 0.373 e. The number of nitrogens with zero attached hydrogens (tertiary/aromatic N) is 2. The van der Waals surface area contributed by atoms with E-state index in [2.05, 4.69) is 10.0 Å². The summed E-state index contributed by atoms with van der Waals surface area (Å²) in [5, 5.41) is 23.1. The summed E-state index contributed by atoms with van der Waals surface area (Å²) in [6.07, 6.45) is 0. The Morgan fingerprint density at radius 3 is 2.56 bits per heavy atom. The van der Waals surface area contributed by atoms with Crippen LogP contribution in [0.2, 0.25) is 0 Å². The molecule has 0 radical (unpaired) electrons. The first-order valence-electron chi connectivity index (χ1n) is 7.27. The van der Waals surface area contributed by atoms with Crippen molar-refractivity contribution in [3.8, 4) is 6.07 Å². The fourth-order valence-corrected chi connectivity index (χ4v) is 3.04. The predicted octanol–water partition coefficient (Wildman–Crippen LogP) is 2.55. The highest BCUT2D eigenvalue weighted by molar-refractivity contribution is 7.89. The SMILES string of the molecule is CNS(=O)(=O)c1cccc(C(C)Nc2ccc(C#N)cc2[N+](=O)[O-])c1. The topological polar surface area (TPSA) is 125 Å². The van der Waals surface area contributed by atoms with Gasteiger partial charge in [-0.3, -0.25) is 10.1 Å². The highest BCUT2D eigenvalue weighted by atomic mass is 32.2. The number of benzene rings is 2. The normalized spacial score (nSPS) is 12.2. The van der Waals surface area contributed by atoms with Gasteiger partial charge in [-0.05, 0) is 43.8 Å². The zero-order valence-corrected chi connectivity index (χ0v) is 14.4. The second kappa shape index (κ2) is 7.29. The van der Waals surface area contributed by atoms with Crippen LogP contribution in [-0.2, 0) is 10.0 Å². The average Bonchev–Trinajstić information content (AvgIpc) is 2.61. The Labute approximate surface area is 145 Å². The van der Waals surface area contributed by atoms with Crippen LogP contribution >= 0.6 is 0 Å². The lowest BCUT2D eigenvalue weighted by molar-refractivity contribution is -0.384. The smallest absolute Gasteiger partial charge is 0.293 e. The van der Waals surface area contributed by atoms with Crippen molar-refractivity contribution in [2.75, 3.05) is 12.4 Å². The van der Waals surface area contributed by atoms with Crippen LogP contribution in [0, 0.1) is 21.4 Å². The van der Waals surface area contributed by atoms with Gasteiger partial charge < -0.3 is 5.32 Å². The van der Waals surface area contributed by atoms with Gasteiger partial charge in [-0.1, -0.05) is 12.1 Å². The molecule has 1 unspecified atom stereocenters. The molecule has 0 bridgehead atoms. The second-order valence-electron chi connectivity index (χ2n) is 5.25. The highest BCUT2D eigenvalue weighted by Gasteiger charge is 2.18. The van der Waals surface area contributed by atoms with Crippen LogP contribution in [0.1, 0.15) is 24.1 Å². The number of nitrogens with one attached hydrogen (secondary N) is 2. The van der Waals surface area contributed by atoms with E-state index < -0.39 is 21.0 Å². The summed E-state index contributed by atoms with van der Waals surface area (Å²) in [6, 6.07) is 11.9. The molecule has 130 valence electrons. The van der Waals surface area contributed by atoms with E-state index in [0.717, 1.165) is 0 Å². The first-order valence-corrected chi connectivity index (χ1v) is 8.75. The van der Waals surface area contributed by atoms with Gasteiger partial charge in [-0.2, -0.15) is 5.26 Å². The number of nitro benzene ring substituents is 1. The van der Waals surface area contributed by atoms with Gasteiger partial charge in [0, 0.05) is 12.1 Å². The number of hydrogen-bond donors (Lipinski definition) is 2. The van der Waals surface area contributed by atoms with Gasteiger partial charge in [0.1, 0.15) is 5.69 Å². The molecule has 0 heterocycles. The molecule has 2 aromatic rings. The molecule has 0 aliphatic heterocycles. The Hall–Kier alpha value is -2.96. The van der Waals surface area contributed by atoms with Crippen LogP contribution in [-0.4, -0.2) is 20.4 Å². The molecule has 2 N–H and O–H groups in total. The fraction of sp³-hybridized carbons (Fsp3) is 0.188. The van der Waals surface area contributed by atoms with Crippen molar-refractivity contribution in [1.29, 1.82) is 5.26 Å². The highest BCUT2D eigenvalue weighted by Crippen LogP contribution is 2.29. The zero-order chi connectivity index (χ0) is 18.6. The van der Waals surface area contributed by atoms with Crippen molar-refractivity contribution in [1.82, 2.24) is 4.72 Å². The molecule has 0 saturated heterocycles. The molecule has 1 atom stereocenters. The summed E-state index contributed by atoms with van der Waals surface area (Å²) in [5.74, 6) is 0. The van der Waals surface area contributed by atoms with E-state index in [1.54, 1.807) is 19.1 Å². The summed E-state index contributed by atoms with van der Waals surface area (Å²) in [6.45, 7) is 1.76. The number of sulfonamides is 1. The van der Waals surface area contributed by atoms with E-state index in [4.69, 9.17) is 5.26 Å². The van der Waals surface area contributed by atoms with Crippen molar-refractivity contribution in [2.24, 2.45) is 0 Å². The number of anilines is 1. The standard InChI is InChI=1S/C16H16N4O4S/c1-11(13-4-3-5-14(9-13)25(23,24)18-2)19-15-7-6-12(10-17)8-16(15)20(21)22/h3-9,11,18-19H,1-2H3. The van der Waals surface area contributed by atoms with Crippen LogP contribution < -0.4 is 10.0 Å². The minimum Gasteiger partial charge on any atom is -0.373 e. The summed E-state index contributed by atoms with van der Waals surface area (Å²) < 4.78 is 26.0. The lowest BCUT2D eigenvalue weighted by Crippen LogP contribution is -2.19. The molecule has 25 heavy (non-hydrogen) atoms. The number of nitro groups is 1. The Kier molecular flexibility index (Phi) is 5.36. The van der Waals surface area contributed by atoms with Crippen LogP contribution in [0.4, 0.5) is 11.4 Å². The van der Waals surface area contributed by atoms with Gasteiger partial charge in [0.15, 0.2) is 0 Å². The molecule has 2 rings (SSSR count). The maximum Gasteiger partial charge on any atom is 0.293 e. The van der Waals surface area contributed by atoms with Gasteiger partial charge in [0.25, 0.3) is 5.69 Å². The molecule has 2 aromatic carbocycles. The van der Waals surface area contributed by atoms with Crippen LogP contribution in [0.25, 0.3) is 0 Å². The second-order valence-corrected chi connectivity index (χ2v) is 7.13. The third-order valence-electron chi connectivity index (χ3n) is 3.63. The van der Waals surface area contributed by atoms with Crippen molar-refractivity contribution in [2.45, 2.75) is 17.9 Å². The summed E-state index contributed by atoms with van der Waals surface area (Å²) in [4.78, 5) is 10.7. The van der Waals surface area contributed by atoms with Gasteiger partial charge in [-0.25, -0.2) is 13.1 Å². The van der Waals surface area contributed by atoms with Gasteiger partial charge >= 0.3 is 0 Å². The first-order chi connectivity index (χ1) is 11.8. The van der Waals surface area contributed by atoms with Crippen LogP contribution in [0.5, 0.6) is 0 Å². The van der Waals surface area contributed by atoms with E-state index in [1.165, 1.54) is 37.4 Å².